The molecule has 0 saturated heterocycles. The van der Waals surface area contributed by atoms with E-state index in [2.05, 4.69) is 10.3 Å². The van der Waals surface area contributed by atoms with E-state index >= 15 is 0 Å². The highest BCUT2D eigenvalue weighted by Gasteiger charge is 2.30. The van der Waals surface area contributed by atoms with E-state index in [1.165, 1.54) is 28.6 Å². The minimum Gasteiger partial charge on any atom is -0.318 e. The highest BCUT2D eigenvalue weighted by atomic mass is 35.5. The zero-order chi connectivity index (χ0) is 22.9. The molecular formula is C21H20ClF3N4O2. The Labute approximate surface area is 181 Å². The molecule has 0 radical (unpaired) electrons. The maximum atomic E-state index is 12.9. The Hall–Kier alpha value is -3.07. The van der Waals surface area contributed by atoms with Crippen LogP contribution in [-0.4, -0.2) is 27.5 Å². The van der Waals surface area contributed by atoms with Crippen molar-refractivity contribution in [3.63, 3.8) is 0 Å². The van der Waals surface area contributed by atoms with Gasteiger partial charge in [0.05, 0.1) is 22.5 Å². The summed E-state index contributed by atoms with van der Waals surface area (Å²) in [4.78, 5) is 31.4. The van der Waals surface area contributed by atoms with E-state index in [1.54, 1.807) is 32.0 Å². The summed E-state index contributed by atoms with van der Waals surface area (Å²) >= 11 is 6.03. The highest BCUT2D eigenvalue weighted by molar-refractivity contribution is 6.31. The van der Waals surface area contributed by atoms with Crippen molar-refractivity contribution in [1.29, 1.82) is 0 Å². The van der Waals surface area contributed by atoms with Crippen molar-refractivity contribution < 1.29 is 18.0 Å². The van der Waals surface area contributed by atoms with Gasteiger partial charge in [-0.15, -0.1) is 0 Å². The van der Waals surface area contributed by atoms with Gasteiger partial charge < -0.3 is 10.2 Å². The van der Waals surface area contributed by atoms with Gasteiger partial charge in [-0.1, -0.05) is 11.6 Å². The largest absolute Gasteiger partial charge is 0.416 e. The van der Waals surface area contributed by atoms with Crippen LogP contribution in [0.5, 0.6) is 0 Å². The molecule has 0 bridgehead atoms. The number of carbonyl (C=O) groups is 1. The van der Waals surface area contributed by atoms with Crippen LogP contribution in [-0.2, 0) is 12.7 Å². The predicted octanol–water partition coefficient (Wildman–Crippen LogP) is 5.31. The molecule has 1 unspecified atom stereocenters. The zero-order valence-electron chi connectivity index (χ0n) is 17.0. The molecule has 0 aliphatic carbocycles. The number of nitrogens with zero attached hydrogens (tertiary/aromatic N) is 3. The van der Waals surface area contributed by atoms with Crippen molar-refractivity contribution in [2.45, 2.75) is 32.6 Å². The van der Waals surface area contributed by atoms with Crippen molar-refractivity contribution in [3.05, 3.63) is 69.2 Å². The summed E-state index contributed by atoms with van der Waals surface area (Å²) in [7, 11) is 1.51. The SMILES string of the molecule is CCn1c(C(C)N(C)C(=O)Nc2ccc(C(F)(F)F)cc2)nc2cc(Cl)ccc2c1=O. The number of aromatic nitrogens is 2. The average molecular weight is 453 g/mol. The second-order valence-electron chi connectivity index (χ2n) is 6.97. The Kier molecular flexibility index (Phi) is 6.26. The van der Waals surface area contributed by atoms with E-state index in [9.17, 15) is 22.8 Å². The Morgan fingerprint density at radius 1 is 1.23 bits per heavy atom. The summed E-state index contributed by atoms with van der Waals surface area (Å²) in [5, 5.41) is 3.40. The molecule has 0 aliphatic heterocycles. The van der Waals surface area contributed by atoms with Gasteiger partial charge in [-0.25, -0.2) is 9.78 Å². The Morgan fingerprint density at radius 2 is 1.87 bits per heavy atom. The van der Waals surface area contributed by atoms with E-state index in [0.29, 0.717) is 28.3 Å². The summed E-state index contributed by atoms with van der Waals surface area (Å²) in [5.41, 5.74) is -0.426. The fourth-order valence-electron chi connectivity index (χ4n) is 3.14. The first kappa shape index (κ1) is 22.6. The number of anilines is 1. The molecule has 164 valence electrons. The molecule has 3 aromatic rings. The molecule has 1 heterocycles. The van der Waals surface area contributed by atoms with Crippen LogP contribution in [0, 0.1) is 0 Å². The summed E-state index contributed by atoms with van der Waals surface area (Å²) < 4.78 is 39.6. The molecule has 3 rings (SSSR count). The molecule has 0 saturated carbocycles. The van der Waals surface area contributed by atoms with Crippen molar-refractivity contribution in [2.24, 2.45) is 0 Å². The van der Waals surface area contributed by atoms with Gasteiger partial charge in [-0.05, 0) is 56.3 Å². The van der Waals surface area contributed by atoms with Crippen molar-refractivity contribution in [1.82, 2.24) is 14.5 Å². The number of urea groups is 1. The van der Waals surface area contributed by atoms with Crippen LogP contribution in [0.3, 0.4) is 0 Å². The first-order valence-electron chi connectivity index (χ1n) is 9.44. The van der Waals surface area contributed by atoms with Crippen LogP contribution in [0.2, 0.25) is 5.02 Å². The summed E-state index contributed by atoms with van der Waals surface area (Å²) in [5.74, 6) is 0.368. The molecule has 1 aromatic heterocycles. The minimum atomic E-state index is -4.46. The third-order valence-corrected chi connectivity index (χ3v) is 5.24. The molecule has 0 fully saturated rings. The van der Waals surface area contributed by atoms with Gasteiger partial charge in [-0.3, -0.25) is 9.36 Å². The number of hydrogen-bond acceptors (Lipinski definition) is 3. The molecule has 31 heavy (non-hydrogen) atoms. The first-order chi connectivity index (χ1) is 14.5. The number of alkyl halides is 3. The molecule has 0 aliphatic rings. The van der Waals surface area contributed by atoms with Crippen LogP contribution in [0.15, 0.2) is 47.3 Å². The lowest BCUT2D eigenvalue weighted by Crippen LogP contribution is -2.37. The molecule has 1 N–H and O–H groups in total. The lowest BCUT2D eigenvalue weighted by atomic mass is 10.2. The van der Waals surface area contributed by atoms with Crippen molar-refractivity contribution >= 4 is 34.2 Å². The number of rotatable bonds is 4. The second-order valence-corrected chi connectivity index (χ2v) is 7.41. The maximum Gasteiger partial charge on any atom is 0.416 e. The molecule has 2 amide bonds. The zero-order valence-corrected chi connectivity index (χ0v) is 17.8. The second kappa shape index (κ2) is 8.58. The lowest BCUT2D eigenvalue weighted by Gasteiger charge is -2.27. The van der Waals surface area contributed by atoms with Gasteiger partial charge in [-0.2, -0.15) is 13.2 Å². The van der Waals surface area contributed by atoms with E-state index < -0.39 is 23.8 Å². The standard InChI is InChI=1S/C21H20ClF3N4O2/c1-4-29-18(27-17-11-14(22)7-10-16(17)19(29)30)12(2)28(3)20(31)26-15-8-5-13(6-9-15)21(23,24)25/h5-12H,4H2,1-3H3,(H,26,31). The Bertz CT molecular complexity index is 1180. The maximum absolute atomic E-state index is 12.9. The number of halogens is 4. The van der Waals surface area contributed by atoms with E-state index in [0.717, 1.165) is 12.1 Å². The molecule has 0 spiro atoms. The highest BCUT2D eigenvalue weighted by Crippen LogP contribution is 2.30. The van der Waals surface area contributed by atoms with Crippen molar-refractivity contribution in [2.75, 3.05) is 12.4 Å². The fourth-order valence-corrected chi connectivity index (χ4v) is 3.31. The summed E-state index contributed by atoms with van der Waals surface area (Å²) in [6, 6.07) is 7.77. The van der Waals surface area contributed by atoms with E-state index in [4.69, 9.17) is 11.6 Å². The molecular weight excluding hydrogens is 433 g/mol. The monoisotopic (exact) mass is 452 g/mol. The quantitative estimate of drug-likeness (QED) is 0.583. The molecule has 6 nitrogen and oxygen atoms in total. The Morgan fingerprint density at radius 3 is 2.45 bits per heavy atom. The predicted molar refractivity (Wildman–Crippen MR) is 113 cm³/mol. The first-order valence-corrected chi connectivity index (χ1v) is 9.81. The molecule has 10 heteroatoms. The number of benzene rings is 2. The van der Waals surface area contributed by atoms with Crippen LogP contribution in [0.1, 0.15) is 31.3 Å². The Balaban J connectivity index is 1.88. The fraction of sp³-hybridized carbons (Fsp3) is 0.286. The van der Waals surface area contributed by atoms with Crippen LogP contribution in [0.4, 0.5) is 23.7 Å². The lowest BCUT2D eigenvalue weighted by molar-refractivity contribution is -0.137. The van der Waals surface area contributed by atoms with Gasteiger partial charge in [0, 0.05) is 24.3 Å². The van der Waals surface area contributed by atoms with Crippen molar-refractivity contribution in [3.8, 4) is 0 Å². The number of amides is 2. The number of nitrogens with one attached hydrogen (secondary N) is 1. The van der Waals surface area contributed by atoms with Gasteiger partial charge >= 0.3 is 12.2 Å². The van der Waals surface area contributed by atoms with E-state index in [-0.39, 0.29) is 11.2 Å². The molecule has 1 atom stereocenters. The van der Waals surface area contributed by atoms with Gasteiger partial charge in [0.1, 0.15) is 5.82 Å². The number of fused-ring (bicyclic) bond motifs is 1. The summed E-state index contributed by atoms with van der Waals surface area (Å²) in [6.07, 6.45) is -4.46. The van der Waals surface area contributed by atoms with Gasteiger partial charge in [0.25, 0.3) is 5.56 Å². The number of carbonyl (C=O) groups excluding carboxylic acids is 1. The molecule has 2 aromatic carbocycles. The smallest absolute Gasteiger partial charge is 0.318 e. The van der Waals surface area contributed by atoms with Gasteiger partial charge in [0.2, 0.25) is 0 Å². The average Bonchev–Trinajstić information content (AvgIpc) is 2.72. The van der Waals surface area contributed by atoms with Crippen LogP contribution in [0.25, 0.3) is 10.9 Å². The number of hydrogen-bond donors (Lipinski definition) is 1. The van der Waals surface area contributed by atoms with E-state index in [1.807, 2.05) is 0 Å². The van der Waals surface area contributed by atoms with Crippen LogP contribution < -0.4 is 10.9 Å². The third-order valence-electron chi connectivity index (χ3n) is 5.00. The third kappa shape index (κ3) is 4.66. The van der Waals surface area contributed by atoms with Gasteiger partial charge in [0.15, 0.2) is 0 Å². The summed E-state index contributed by atoms with van der Waals surface area (Å²) in [6.45, 7) is 3.85. The normalized spacial score (nSPS) is 12.6. The minimum absolute atomic E-state index is 0.211. The topological polar surface area (TPSA) is 67.2 Å². The van der Waals surface area contributed by atoms with Crippen LogP contribution >= 0.6 is 11.6 Å².